The first-order chi connectivity index (χ1) is 18.0. The van der Waals surface area contributed by atoms with E-state index in [9.17, 15) is 18.0 Å². The number of ether oxygens (including phenoxy) is 1. The van der Waals surface area contributed by atoms with Gasteiger partial charge in [0.2, 0.25) is 11.8 Å². The summed E-state index contributed by atoms with van der Waals surface area (Å²) in [6.07, 6.45) is 0. The Morgan fingerprint density at radius 3 is 2.24 bits per heavy atom. The fourth-order valence-electron chi connectivity index (χ4n) is 4.01. The van der Waals surface area contributed by atoms with Crippen LogP contribution >= 0.6 is 0 Å². The maximum atomic E-state index is 13.9. The fourth-order valence-corrected chi connectivity index (χ4v) is 5.44. The van der Waals surface area contributed by atoms with Crippen molar-refractivity contribution >= 4 is 27.5 Å². The van der Waals surface area contributed by atoms with Crippen LogP contribution in [-0.4, -0.2) is 50.9 Å². The molecule has 1 N–H and O–H groups in total. The fraction of sp³-hybridized carbons (Fsp3) is 0.310. The standard InChI is InChI=1S/C29H35N3O5S/c1-21(2)30-29(34)23(4)31(19-24-12-9-11-22(3)17-24)28(33)20-32(25-13-10-14-26(18-25)37-5)38(35,36)27-15-7-6-8-16-27/h6-18,21,23H,19-20H2,1-5H3,(H,30,34)/t23-/m0/s1. The molecule has 0 aliphatic carbocycles. The topological polar surface area (TPSA) is 96.0 Å². The van der Waals surface area contributed by atoms with E-state index in [1.165, 1.54) is 24.1 Å². The lowest BCUT2D eigenvalue weighted by molar-refractivity contribution is -0.139. The van der Waals surface area contributed by atoms with Gasteiger partial charge < -0.3 is 15.0 Å². The van der Waals surface area contributed by atoms with Gasteiger partial charge in [0.05, 0.1) is 17.7 Å². The Bertz CT molecular complexity index is 1360. The van der Waals surface area contributed by atoms with Gasteiger partial charge in [0.25, 0.3) is 10.0 Å². The largest absolute Gasteiger partial charge is 0.497 e. The number of sulfonamides is 1. The number of nitrogens with one attached hydrogen (secondary N) is 1. The summed E-state index contributed by atoms with van der Waals surface area (Å²) < 4.78 is 33.9. The molecule has 38 heavy (non-hydrogen) atoms. The molecule has 3 aromatic rings. The number of nitrogens with zero attached hydrogens (tertiary/aromatic N) is 2. The Morgan fingerprint density at radius 1 is 0.921 bits per heavy atom. The van der Waals surface area contributed by atoms with Gasteiger partial charge in [0.15, 0.2) is 0 Å². The Labute approximate surface area is 225 Å². The Balaban J connectivity index is 2.04. The molecule has 0 aromatic heterocycles. The minimum absolute atomic E-state index is 0.0476. The second kappa shape index (κ2) is 12.6. The SMILES string of the molecule is COc1cccc(N(CC(=O)N(Cc2cccc(C)c2)[C@@H](C)C(=O)NC(C)C)S(=O)(=O)c2ccccc2)c1. The number of benzene rings is 3. The smallest absolute Gasteiger partial charge is 0.264 e. The quantitative estimate of drug-likeness (QED) is 0.397. The molecule has 0 unspecified atom stereocenters. The van der Waals surface area contributed by atoms with Crippen LogP contribution in [0.25, 0.3) is 0 Å². The van der Waals surface area contributed by atoms with Crippen LogP contribution in [0.3, 0.4) is 0 Å². The van der Waals surface area contributed by atoms with Crippen molar-refractivity contribution in [3.63, 3.8) is 0 Å². The second-order valence-corrected chi connectivity index (χ2v) is 11.2. The summed E-state index contributed by atoms with van der Waals surface area (Å²) in [6, 6.07) is 21.2. The van der Waals surface area contributed by atoms with Crippen LogP contribution < -0.4 is 14.4 Å². The normalized spacial score (nSPS) is 12.1. The van der Waals surface area contributed by atoms with Crippen molar-refractivity contribution in [3.8, 4) is 5.75 Å². The summed E-state index contributed by atoms with van der Waals surface area (Å²) in [5, 5.41) is 2.85. The van der Waals surface area contributed by atoms with Crippen LogP contribution in [0, 0.1) is 6.92 Å². The number of carbonyl (C=O) groups is 2. The van der Waals surface area contributed by atoms with Gasteiger partial charge in [-0.2, -0.15) is 0 Å². The van der Waals surface area contributed by atoms with E-state index in [4.69, 9.17) is 4.74 Å². The van der Waals surface area contributed by atoms with E-state index in [1.54, 1.807) is 49.4 Å². The van der Waals surface area contributed by atoms with Crippen molar-refractivity contribution in [1.29, 1.82) is 0 Å². The second-order valence-electron chi connectivity index (χ2n) is 9.38. The molecule has 0 saturated carbocycles. The molecule has 1 atom stereocenters. The van der Waals surface area contributed by atoms with Crippen molar-refractivity contribution < 1.29 is 22.7 Å². The minimum atomic E-state index is -4.12. The molecule has 8 nitrogen and oxygen atoms in total. The highest BCUT2D eigenvalue weighted by Crippen LogP contribution is 2.27. The molecular weight excluding hydrogens is 502 g/mol. The predicted octanol–water partition coefficient (Wildman–Crippen LogP) is 4.14. The molecule has 3 aromatic carbocycles. The van der Waals surface area contributed by atoms with E-state index in [0.29, 0.717) is 5.75 Å². The molecule has 2 amide bonds. The van der Waals surface area contributed by atoms with Gasteiger partial charge in [-0.15, -0.1) is 0 Å². The van der Waals surface area contributed by atoms with Crippen molar-refractivity contribution in [1.82, 2.24) is 10.2 Å². The minimum Gasteiger partial charge on any atom is -0.497 e. The summed E-state index contributed by atoms with van der Waals surface area (Å²) >= 11 is 0. The monoisotopic (exact) mass is 537 g/mol. The zero-order valence-electron chi connectivity index (χ0n) is 22.4. The Kier molecular flexibility index (Phi) is 9.52. The maximum absolute atomic E-state index is 13.9. The number of hydrogen-bond donors (Lipinski definition) is 1. The number of methoxy groups -OCH3 is 1. The molecule has 0 saturated heterocycles. The highest BCUT2D eigenvalue weighted by Gasteiger charge is 2.32. The van der Waals surface area contributed by atoms with Gasteiger partial charge in [-0.1, -0.05) is 54.1 Å². The Morgan fingerprint density at radius 2 is 1.61 bits per heavy atom. The third-order valence-corrected chi connectivity index (χ3v) is 7.77. The van der Waals surface area contributed by atoms with E-state index in [2.05, 4.69) is 5.32 Å². The number of anilines is 1. The highest BCUT2D eigenvalue weighted by atomic mass is 32.2. The molecule has 0 heterocycles. The molecule has 0 fully saturated rings. The Hall–Kier alpha value is -3.85. The summed E-state index contributed by atoms with van der Waals surface area (Å²) in [6.45, 7) is 6.91. The number of hydrogen-bond acceptors (Lipinski definition) is 5. The number of aryl methyl sites for hydroxylation is 1. The van der Waals surface area contributed by atoms with Crippen LogP contribution in [0.15, 0.2) is 83.8 Å². The molecule has 202 valence electrons. The van der Waals surface area contributed by atoms with Gasteiger partial charge in [-0.25, -0.2) is 8.42 Å². The van der Waals surface area contributed by atoms with Gasteiger partial charge in [0.1, 0.15) is 18.3 Å². The zero-order valence-corrected chi connectivity index (χ0v) is 23.2. The summed E-state index contributed by atoms with van der Waals surface area (Å²) in [4.78, 5) is 28.3. The first kappa shape index (κ1) is 28.7. The summed E-state index contributed by atoms with van der Waals surface area (Å²) in [5.74, 6) is -0.385. The molecule has 0 radical (unpaired) electrons. The lowest BCUT2D eigenvalue weighted by Crippen LogP contribution is -2.52. The third kappa shape index (κ3) is 7.13. The average molecular weight is 538 g/mol. The van der Waals surface area contributed by atoms with Crippen LogP contribution in [0.1, 0.15) is 31.9 Å². The van der Waals surface area contributed by atoms with Crippen LogP contribution in [0.5, 0.6) is 5.75 Å². The number of amides is 2. The van der Waals surface area contributed by atoms with Crippen LogP contribution in [0.4, 0.5) is 5.69 Å². The van der Waals surface area contributed by atoms with E-state index in [-0.39, 0.29) is 29.1 Å². The average Bonchev–Trinajstić information content (AvgIpc) is 2.90. The molecule has 3 rings (SSSR count). The van der Waals surface area contributed by atoms with Gasteiger partial charge in [0, 0.05) is 18.7 Å². The van der Waals surface area contributed by atoms with Gasteiger partial charge in [-0.3, -0.25) is 13.9 Å². The third-order valence-electron chi connectivity index (χ3n) is 5.99. The number of rotatable bonds is 11. The summed E-state index contributed by atoms with van der Waals surface area (Å²) in [5.41, 5.74) is 2.12. The molecular formula is C29H35N3O5S. The van der Waals surface area contributed by atoms with Crippen molar-refractivity contribution in [2.24, 2.45) is 0 Å². The predicted molar refractivity (Wildman–Crippen MR) is 148 cm³/mol. The van der Waals surface area contributed by atoms with Crippen molar-refractivity contribution in [3.05, 3.63) is 90.0 Å². The molecule has 0 aliphatic rings. The highest BCUT2D eigenvalue weighted by molar-refractivity contribution is 7.92. The first-order valence-corrected chi connectivity index (χ1v) is 13.8. The van der Waals surface area contributed by atoms with E-state index in [0.717, 1.165) is 15.4 Å². The molecule has 9 heteroatoms. The van der Waals surface area contributed by atoms with Gasteiger partial charge >= 0.3 is 0 Å². The van der Waals surface area contributed by atoms with Crippen LogP contribution in [0.2, 0.25) is 0 Å². The molecule has 0 spiro atoms. The number of carbonyl (C=O) groups excluding carboxylic acids is 2. The van der Waals surface area contributed by atoms with E-state index >= 15 is 0 Å². The van der Waals surface area contributed by atoms with Gasteiger partial charge in [-0.05, 0) is 57.5 Å². The first-order valence-electron chi connectivity index (χ1n) is 12.4. The zero-order chi connectivity index (χ0) is 27.9. The van der Waals surface area contributed by atoms with E-state index < -0.39 is 28.5 Å². The molecule has 0 bridgehead atoms. The van der Waals surface area contributed by atoms with Crippen molar-refractivity contribution in [2.75, 3.05) is 18.0 Å². The summed E-state index contributed by atoms with van der Waals surface area (Å²) in [7, 11) is -2.64. The molecule has 0 aliphatic heterocycles. The lowest BCUT2D eigenvalue weighted by atomic mass is 10.1. The van der Waals surface area contributed by atoms with Crippen molar-refractivity contribution in [2.45, 2.75) is 51.2 Å². The maximum Gasteiger partial charge on any atom is 0.264 e. The van der Waals surface area contributed by atoms with Crippen LogP contribution in [-0.2, 0) is 26.2 Å². The van der Waals surface area contributed by atoms with E-state index in [1.807, 2.05) is 45.0 Å². The lowest BCUT2D eigenvalue weighted by Gasteiger charge is -2.32.